The van der Waals surface area contributed by atoms with Crippen LogP contribution in [0.5, 0.6) is 0 Å². The van der Waals surface area contributed by atoms with Gasteiger partial charge in [-0.3, -0.25) is 4.99 Å². The zero-order valence-corrected chi connectivity index (χ0v) is 11.7. The highest BCUT2D eigenvalue weighted by Gasteiger charge is 2.00. The Kier molecular flexibility index (Phi) is 5.64. The molecule has 1 aromatic heterocycles. The van der Waals surface area contributed by atoms with Gasteiger partial charge >= 0.3 is 0 Å². The number of hydrogen-bond acceptors (Lipinski definition) is 3. The fourth-order valence-corrected chi connectivity index (χ4v) is 1.87. The molecule has 0 saturated heterocycles. The maximum atomic E-state index is 4.78. The van der Waals surface area contributed by atoms with Gasteiger partial charge in [-0.25, -0.2) is 0 Å². The second-order valence-electron chi connectivity index (χ2n) is 4.43. The standard InChI is InChI=1S/C15H20N4O/c1-16-15(18-12-14-9-11-20-19-14)17-10-5-8-13-6-3-2-4-7-13/h2-4,6-7,9,11H,5,8,10,12H2,1H3,(H2,16,17,18). The normalized spacial score (nSPS) is 11.3. The van der Waals surface area contributed by atoms with Gasteiger partial charge in [0.1, 0.15) is 12.0 Å². The fraction of sp³-hybridized carbons (Fsp3) is 0.333. The molecule has 0 saturated carbocycles. The Hall–Kier alpha value is -2.30. The molecule has 0 bridgehead atoms. The van der Waals surface area contributed by atoms with Crippen LogP contribution in [0.3, 0.4) is 0 Å². The molecule has 20 heavy (non-hydrogen) atoms. The monoisotopic (exact) mass is 272 g/mol. The molecule has 0 unspecified atom stereocenters. The van der Waals surface area contributed by atoms with Gasteiger partial charge in [0.2, 0.25) is 0 Å². The summed E-state index contributed by atoms with van der Waals surface area (Å²) in [4.78, 5) is 4.17. The second kappa shape index (κ2) is 7.99. The van der Waals surface area contributed by atoms with Gasteiger partial charge in [-0.15, -0.1) is 0 Å². The Morgan fingerprint density at radius 1 is 1.20 bits per heavy atom. The molecule has 0 aliphatic heterocycles. The first-order chi connectivity index (χ1) is 9.88. The lowest BCUT2D eigenvalue weighted by molar-refractivity contribution is 0.410. The van der Waals surface area contributed by atoms with Crippen molar-refractivity contribution in [3.63, 3.8) is 0 Å². The molecule has 0 aliphatic rings. The molecular weight excluding hydrogens is 252 g/mol. The minimum absolute atomic E-state index is 0.606. The van der Waals surface area contributed by atoms with E-state index in [1.807, 2.05) is 12.1 Å². The first-order valence-corrected chi connectivity index (χ1v) is 6.76. The van der Waals surface area contributed by atoms with E-state index in [0.717, 1.165) is 31.0 Å². The van der Waals surface area contributed by atoms with Crippen molar-refractivity contribution in [3.05, 3.63) is 53.9 Å². The number of nitrogens with zero attached hydrogens (tertiary/aromatic N) is 2. The van der Waals surface area contributed by atoms with Crippen molar-refractivity contribution in [2.24, 2.45) is 4.99 Å². The average Bonchev–Trinajstić information content (AvgIpc) is 3.01. The molecule has 1 heterocycles. The van der Waals surface area contributed by atoms with E-state index in [-0.39, 0.29) is 0 Å². The van der Waals surface area contributed by atoms with Gasteiger partial charge in [-0.2, -0.15) is 0 Å². The summed E-state index contributed by atoms with van der Waals surface area (Å²) in [5, 5.41) is 10.3. The van der Waals surface area contributed by atoms with Gasteiger partial charge in [0, 0.05) is 19.7 Å². The highest BCUT2D eigenvalue weighted by molar-refractivity contribution is 5.79. The summed E-state index contributed by atoms with van der Waals surface area (Å²) in [6.07, 6.45) is 3.69. The lowest BCUT2D eigenvalue weighted by atomic mass is 10.1. The third kappa shape index (κ3) is 4.76. The van der Waals surface area contributed by atoms with E-state index in [0.29, 0.717) is 6.54 Å². The Morgan fingerprint density at radius 2 is 2.05 bits per heavy atom. The average molecular weight is 272 g/mol. The van der Waals surface area contributed by atoms with Crippen LogP contribution in [0.2, 0.25) is 0 Å². The van der Waals surface area contributed by atoms with Crippen LogP contribution in [0.15, 0.2) is 52.2 Å². The van der Waals surface area contributed by atoms with Crippen molar-refractivity contribution in [1.82, 2.24) is 15.8 Å². The first kappa shape index (κ1) is 14.1. The summed E-state index contributed by atoms with van der Waals surface area (Å²) in [5.41, 5.74) is 2.22. The summed E-state index contributed by atoms with van der Waals surface area (Å²) in [6.45, 7) is 1.49. The van der Waals surface area contributed by atoms with Gasteiger partial charge in [0.15, 0.2) is 5.96 Å². The molecule has 5 heteroatoms. The molecule has 5 nitrogen and oxygen atoms in total. The summed E-state index contributed by atoms with van der Waals surface area (Å²) < 4.78 is 4.78. The van der Waals surface area contributed by atoms with Crippen LogP contribution in [0.4, 0.5) is 0 Å². The summed E-state index contributed by atoms with van der Waals surface area (Å²) >= 11 is 0. The number of benzene rings is 1. The molecule has 0 amide bonds. The van der Waals surface area contributed by atoms with E-state index in [9.17, 15) is 0 Å². The summed E-state index contributed by atoms with van der Waals surface area (Å²) in [6, 6.07) is 12.3. The van der Waals surface area contributed by atoms with Crippen LogP contribution in [0, 0.1) is 0 Å². The highest BCUT2D eigenvalue weighted by Crippen LogP contribution is 2.01. The molecule has 0 spiro atoms. The van der Waals surface area contributed by atoms with E-state index < -0.39 is 0 Å². The van der Waals surface area contributed by atoms with Crippen molar-refractivity contribution in [3.8, 4) is 0 Å². The van der Waals surface area contributed by atoms with Crippen LogP contribution in [0.25, 0.3) is 0 Å². The van der Waals surface area contributed by atoms with E-state index in [2.05, 4.69) is 45.0 Å². The Balaban J connectivity index is 1.64. The van der Waals surface area contributed by atoms with Gasteiger partial charge in [-0.05, 0) is 18.4 Å². The number of aromatic nitrogens is 1. The maximum Gasteiger partial charge on any atom is 0.191 e. The molecule has 0 radical (unpaired) electrons. The molecular formula is C15H20N4O. The van der Waals surface area contributed by atoms with Crippen LogP contribution < -0.4 is 10.6 Å². The molecule has 106 valence electrons. The molecule has 0 fully saturated rings. The Morgan fingerprint density at radius 3 is 2.75 bits per heavy atom. The minimum Gasteiger partial charge on any atom is -0.364 e. The lowest BCUT2D eigenvalue weighted by Crippen LogP contribution is -2.37. The number of guanidine groups is 1. The zero-order chi connectivity index (χ0) is 14.0. The number of hydrogen-bond donors (Lipinski definition) is 2. The molecule has 1 aromatic carbocycles. The smallest absolute Gasteiger partial charge is 0.191 e. The number of nitrogens with one attached hydrogen (secondary N) is 2. The third-order valence-corrected chi connectivity index (χ3v) is 2.93. The van der Waals surface area contributed by atoms with Crippen LogP contribution >= 0.6 is 0 Å². The number of rotatable bonds is 6. The van der Waals surface area contributed by atoms with Crippen molar-refractivity contribution in [2.45, 2.75) is 19.4 Å². The third-order valence-electron chi connectivity index (χ3n) is 2.93. The number of aliphatic imine (C=N–C) groups is 1. The van der Waals surface area contributed by atoms with Crippen LogP contribution in [0.1, 0.15) is 17.7 Å². The van der Waals surface area contributed by atoms with Gasteiger partial charge in [0.05, 0.1) is 6.54 Å². The van der Waals surface area contributed by atoms with Crippen molar-refractivity contribution >= 4 is 5.96 Å². The molecule has 2 N–H and O–H groups in total. The zero-order valence-electron chi connectivity index (χ0n) is 11.7. The number of aryl methyl sites for hydroxylation is 1. The molecule has 0 atom stereocenters. The van der Waals surface area contributed by atoms with E-state index in [1.165, 1.54) is 5.56 Å². The van der Waals surface area contributed by atoms with Crippen molar-refractivity contribution in [2.75, 3.05) is 13.6 Å². The minimum atomic E-state index is 0.606. The van der Waals surface area contributed by atoms with Gasteiger partial charge in [-0.1, -0.05) is 35.5 Å². The van der Waals surface area contributed by atoms with E-state index >= 15 is 0 Å². The summed E-state index contributed by atoms with van der Waals surface area (Å²) in [7, 11) is 1.76. The van der Waals surface area contributed by atoms with Crippen LogP contribution in [-0.2, 0) is 13.0 Å². The topological polar surface area (TPSA) is 62.5 Å². The Labute approximate surface area is 119 Å². The largest absolute Gasteiger partial charge is 0.364 e. The second-order valence-corrected chi connectivity index (χ2v) is 4.43. The quantitative estimate of drug-likeness (QED) is 0.479. The van der Waals surface area contributed by atoms with Crippen molar-refractivity contribution in [1.29, 1.82) is 0 Å². The molecule has 0 aliphatic carbocycles. The molecule has 2 aromatic rings. The van der Waals surface area contributed by atoms with Gasteiger partial charge < -0.3 is 15.2 Å². The Bertz CT molecular complexity index is 508. The first-order valence-electron chi connectivity index (χ1n) is 6.76. The van der Waals surface area contributed by atoms with E-state index in [1.54, 1.807) is 13.3 Å². The predicted molar refractivity (Wildman–Crippen MR) is 79.5 cm³/mol. The SMILES string of the molecule is CN=C(NCCCc1ccccc1)NCc1ccon1. The van der Waals surface area contributed by atoms with Gasteiger partial charge in [0.25, 0.3) is 0 Å². The fourth-order valence-electron chi connectivity index (χ4n) is 1.87. The maximum absolute atomic E-state index is 4.78. The van der Waals surface area contributed by atoms with Crippen LogP contribution in [-0.4, -0.2) is 24.7 Å². The summed E-state index contributed by atoms with van der Waals surface area (Å²) in [5.74, 6) is 0.779. The highest BCUT2D eigenvalue weighted by atomic mass is 16.5. The lowest BCUT2D eigenvalue weighted by Gasteiger charge is -2.10. The van der Waals surface area contributed by atoms with Crippen molar-refractivity contribution < 1.29 is 4.52 Å². The van der Waals surface area contributed by atoms with E-state index in [4.69, 9.17) is 4.52 Å². The predicted octanol–water partition coefficient (Wildman–Crippen LogP) is 1.97. The molecule has 2 rings (SSSR count).